The Morgan fingerprint density at radius 2 is 2.30 bits per heavy atom. The van der Waals surface area contributed by atoms with Crippen LogP contribution in [0.2, 0.25) is 0 Å². The zero-order valence-corrected chi connectivity index (χ0v) is 11.8. The van der Waals surface area contributed by atoms with Crippen molar-refractivity contribution < 1.29 is 4.79 Å². The first kappa shape index (κ1) is 14.3. The first-order valence-electron chi connectivity index (χ1n) is 6.78. The number of nitrogens with one attached hydrogen (secondary N) is 2. The van der Waals surface area contributed by atoms with Gasteiger partial charge in [-0.1, -0.05) is 32.4 Å². The molecule has 0 aliphatic heterocycles. The molecule has 1 heterocycles. The summed E-state index contributed by atoms with van der Waals surface area (Å²) in [5.41, 5.74) is 7.57. The van der Waals surface area contributed by atoms with E-state index in [2.05, 4.69) is 15.3 Å². The maximum Gasteiger partial charge on any atom is 0.241 e. The first-order chi connectivity index (χ1) is 9.61. The van der Waals surface area contributed by atoms with Crippen LogP contribution in [0.3, 0.4) is 0 Å². The van der Waals surface area contributed by atoms with E-state index in [1.807, 2.05) is 38.1 Å². The maximum absolute atomic E-state index is 12.1. The van der Waals surface area contributed by atoms with Crippen molar-refractivity contribution in [2.45, 2.75) is 26.3 Å². The zero-order chi connectivity index (χ0) is 14.5. The van der Waals surface area contributed by atoms with E-state index in [0.717, 1.165) is 23.5 Å². The first-order valence-corrected chi connectivity index (χ1v) is 6.78. The van der Waals surface area contributed by atoms with Gasteiger partial charge in [-0.2, -0.15) is 0 Å². The van der Waals surface area contributed by atoms with Gasteiger partial charge in [0.2, 0.25) is 5.91 Å². The molecule has 2 atom stereocenters. The molecular formula is C15H20N4O. The number of H-pyrrole nitrogens is 1. The summed E-state index contributed by atoms with van der Waals surface area (Å²) in [6, 6.07) is 7.03. The molecule has 0 spiro atoms. The Morgan fingerprint density at radius 1 is 1.50 bits per heavy atom. The summed E-state index contributed by atoms with van der Waals surface area (Å²) < 4.78 is 0. The summed E-state index contributed by atoms with van der Waals surface area (Å²) in [5, 5.41) is 2.85. The van der Waals surface area contributed by atoms with Gasteiger partial charge in [0.25, 0.3) is 0 Å². The molecule has 0 aliphatic carbocycles. The lowest BCUT2D eigenvalue weighted by atomic mass is 9.99. The van der Waals surface area contributed by atoms with Crippen LogP contribution < -0.4 is 11.1 Å². The lowest BCUT2D eigenvalue weighted by molar-refractivity contribution is -0.118. The van der Waals surface area contributed by atoms with Crippen molar-refractivity contribution in [2.75, 3.05) is 5.32 Å². The highest BCUT2D eigenvalue weighted by atomic mass is 16.2. The number of nitrogens with two attached hydrogens (primary N) is 1. The Morgan fingerprint density at radius 3 is 2.95 bits per heavy atom. The fourth-order valence-corrected chi connectivity index (χ4v) is 1.91. The fourth-order valence-electron chi connectivity index (χ4n) is 1.91. The van der Waals surface area contributed by atoms with Crippen molar-refractivity contribution in [1.29, 1.82) is 0 Å². The molecule has 20 heavy (non-hydrogen) atoms. The number of imidazole rings is 1. The molecule has 106 valence electrons. The smallest absolute Gasteiger partial charge is 0.241 e. The Balaban J connectivity index is 2.10. The molecule has 2 unspecified atom stereocenters. The number of aromatic amines is 1. The number of nitrogens with zero attached hydrogens (tertiary/aromatic N) is 1. The van der Waals surface area contributed by atoms with Crippen molar-refractivity contribution in [3.63, 3.8) is 0 Å². The summed E-state index contributed by atoms with van der Waals surface area (Å²) in [5.74, 6) is 0.770. The molecular weight excluding hydrogens is 252 g/mol. The molecule has 4 N–H and O–H groups in total. The molecule has 0 fully saturated rings. The van der Waals surface area contributed by atoms with Crippen molar-refractivity contribution in [2.24, 2.45) is 11.7 Å². The Bertz CT molecular complexity index is 565. The second-order valence-corrected chi connectivity index (χ2v) is 4.92. The quantitative estimate of drug-likeness (QED) is 0.781. The van der Waals surface area contributed by atoms with Gasteiger partial charge in [-0.15, -0.1) is 0 Å². The molecule has 0 radical (unpaired) electrons. The highest BCUT2D eigenvalue weighted by molar-refractivity contribution is 5.95. The normalized spacial score (nSPS) is 13.8. The minimum Gasteiger partial charge on any atom is -0.345 e. The molecule has 0 aliphatic rings. The highest BCUT2D eigenvalue weighted by Crippen LogP contribution is 2.19. The third-order valence-electron chi connectivity index (χ3n) is 3.46. The summed E-state index contributed by atoms with van der Waals surface area (Å²) in [7, 11) is 0. The lowest BCUT2D eigenvalue weighted by Gasteiger charge is -2.17. The predicted molar refractivity (Wildman–Crippen MR) is 80.1 cm³/mol. The van der Waals surface area contributed by atoms with Gasteiger partial charge in [-0.05, 0) is 18.1 Å². The molecule has 1 aromatic heterocycles. The van der Waals surface area contributed by atoms with Crippen LogP contribution in [0.4, 0.5) is 5.69 Å². The van der Waals surface area contributed by atoms with E-state index in [4.69, 9.17) is 5.73 Å². The summed E-state index contributed by atoms with van der Waals surface area (Å²) in [6.07, 6.45) is 4.33. The molecule has 1 aromatic carbocycles. The van der Waals surface area contributed by atoms with Crippen LogP contribution in [0.5, 0.6) is 0 Å². The van der Waals surface area contributed by atoms with Gasteiger partial charge in [-0.3, -0.25) is 4.79 Å². The topological polar surface area (TPSA) is 83.8 Å². The van der Waals surface area contributed by atoms with E-state index in [-0.39, 0.29) is 11.8 Å². The SMILES string of the molecule is CCC(C)C(N)C(=O)Nc1cccc(-c2ncc[nH]2)c1. The molecule has 0 saturated heterocycles. The summed E-state index contributed by atoms with van der Waals surface area (Å²) in [6.45, 7) is 4.00. The molecule has 5 nitrogen and oxygen atoms in total. The van der Waals surface area contributed by atoms with Crippen LogP contribution in [0, 0.1) is 5.92 Å². The second-order valence-electron chi connectivity index (χ2n) is 4.92. The molecule has 0 bridgehead atoms. The Labute approximate surface area is 118 Å². The summed E-state index contributed by atoms with van der Waals surface area (Å²) >= 11 is 0. The molecule has 2 aromatic rings. The van der Waals surface area contributed by atoms with Crippen LogP contribution in [-0.4, -0.2) is 21.9 Å². The van der Waals surface area contributed by atoms with Gasteiger partial charge in [0, 0.05) is 23.6 Å². The fraction of sp³-hybridized carbons (Fsp3) is 0.333. The molecule has 2 rings (SSSR count). The van der Waals surface area contributed by atoms with Crippen LogP contribution >= 0.6 is 0 Å². The van der Waals surface area contributed by atoms with Crippen LogP contribution in [0.15, 0.2) is 36.7 Å². The van der Waals surface area contributed by atoms with Crippen LogP contribution in [-0.2, 0) is 4.79 Å². The van der Waals surface area contributed by atoms with E-state index >= 15 is 0 Å². The standard InChI is InChI=1S/C15H20N4O/c1-3-10(2)13(16)15(20)19-12-6-4-5-11(9-12)14-17-7-8-18-14/h4-10,13H,3,16H2,1-2H3,(H,17,18)(H,19,20). The van der Waals surface area contributed by atoms with Crippen molar-refractivity contribution in [1.82, 2.24) is 9.97 Å². The average Bonchev–Trinajstić information content (AvgIpc) is 3.00. The maximum atomic E-state index is 12.1. The van der Waals surface area contributed by atoms with Crippen molar-refractivity contribution in [3.8, 4) is 11.4 Å². The van der Waals surface area contributed by atoms with Crippen LogP contribution in [0.25, 0.3) is 11.4 Å². The number of hydrogen-bond donors (Lipinski definition) is 3. The van der Waals surface area contributed by atoms with Gasteiger partial charge >= 0.3 is 0 Å². The lowest BCUT2D eigenvalue weighted by Crippen LogP contribution is -2.40. The largest absolute Gasteiger partial charge is 0.345 e. The van der Waals surface area contributed by atoms with Crippen LogP contribution in [0.1, 0.15) is 20.3 Å². The van der Waals surface area contributed by atoms with Gasteiger partial charge < -0.3 is 16.0 Å². The summed E-state index contributed by atoms with van der Waals surface area (Å²) in [4.78, 5) is 19.3. The van der Waals surface area contributed by atoms with Gasteiger partial charge in [-0.25, -0.2) is 4.98 Å². The monoisotopic (exact) mass is 272 g/mol. The third kappa shape index (κ3) is 3.24. The molecule has 0 saturated carbocycles. The van der Waals surface area contributed by atoms with E-state index in [1.165, 1.54) is 0 Å². The van der Waals surface area contributed by atoms with Crippen molar-refractivity contribution in [3.05, 3.63) is 36.7 Å². The number of rotatable bonds is 5. The minimum atomic E-state index is -0.493. The van der Waals surface area contributed by atoms with Gasteiger partial charge in [0.1, 0.15) is 5.82 Å². The van der Waals surface area contributed by atoms with Gasteiger partial charge in [0.15, 0.2) is 0 Å². The molecule has 1 amide bonds. The molecule has 5 heteroatoms. The number of carbonyl (C=O) groups is 1. The number of hydrogen-bond acceptors (Lipinski definition) is 3. The number of carbonyl (C=O) groups excluding carboxylic acids is 1. The zero-order valence-electron chi connectivity index (χ0n) is 11.8. The van der Waals surface area contributed by atoms with Gasteiger partial charge in [0.05, 0.1) is 6.04 Å². The average molecular weight is 272 g/mol. The van der Waals surface area contributed by atoms with E-state index in [9.17, 15) is 4.79 Å². The number of anilines is 1. The van der Waals surface area contributed by atoms with E-state index in [0.29, 0.717) is 0 Å². The predicted octanol–water partition coefficient (Wildman–Crippen LogP) is 2.39. The van der Waals surface area contributed by atoms with E-state index in [1.54, 1.807) is 12.4 Å². The Kier molecular flexibility index (Phi) is 4.53. The van der Waals surface area contributed by atoms with Crippen molar-refractivity contribution >= 4 is 11.6 Å². The third-order valence-corrected chi connectivity index (χ3v) is 3.46. The Hall–Kier alpha value is -2.14. The minimum absolute atomic E-state index is 0.156. The highest BCUT2D eigenvalue weighted by Gasteiger charge is 2.19. The van der Waals surface area contributed by atoms with E-state index < -0.39 is 6.04 Å². The number of benzene rings is 1. The second kappa shape index (κ2) is 6.34. The number of aromatic nitrogens is 2. The number of amides is 1.